The standard InChI is InChI=1S/C13H16N2O3/c1-8-6-14-7-10-15(4-3-5-18-10)13(17)11(14)9(2)12(8)16/h6,10H,3-5,7H2,1-2H3. The zero-order valence-corrected chi connectivity index (χ0v) is 10.6. The van der Waals surface area contributed by atoms with Gasteiger partial charge in [-0.2, -0.15) is 0 Å². The molecule has 1 amide bonds. The second-order valence-corrected chi connectivity index (χ2v) is 4.94. The van der Waals surface area contributed by atoms with Crippen LogP contribution in [0.25, 0.3) is 0 Å². The Kier molecular flexibility index (Phi) is 2.52. The molecule has 0 aliphatic carbocycles. The number of nitrogens with zero attached hydrogens (tertiary/aromatic N) is 2. The van der Waals surface area contributed by atoms with Gasteiger partial charge >= 0.3 is 0 Å². The van der Waals surface area contributed by atoms with Crippen molar-refractivity contribution in [2.45, 2.75) is 33.0 Å². The number of fused-ring (bicyclic) bond motifs is 2. The monoisotopic (exact) mass is 248 g/mol. The SMILES string of the molecule is Cc1cn2c(c(C)c1=O)C(=O)N1CCCOC1C2. The number of amides is 1. The largest absolute Gasteiger partial charge is 0.356 e. The first kappa shape index (κ1) is 11.5. The van der Waals surface area contributed by atoms with E-state index >= 15 is 0 Å². The van der Waals surface area contributed by atoms with Crippen molar-refractivity contribution in [1.82, 2.24) is 9.47 Å². The summed E-state index contributed by atoms with van der Waals surface area (Å²) in [5.74, 6) is -0.0828. The van der Waals surface area contributed by atoms with Crippen LogP contribution in [-0.2, 0) is 11.3 Å². The average molecular weight is 248 g/mol. The van der Waals surface area contributed by atoms with Gasteiger partial charge in [0, 0.05) is 23.9 Å². The summed E-state index contributed by atoms with van der Waals surface area (Å²) in [6.07, 6.45) is 2.44. The van der Waals surface area contributed by atoms with Crippen LogP contribution in [0.3, 0.4) is 0 Å². The van der Waals surface area contributed by atoms with Gasteiger partial charge in [-0.25, -0.2) is 0 Å². The van der Waals surface area contributed by atoms with Gasteiger partial charge in [-0.3, -0.25) is 9.59 Å². The van der Waals surface area contributed by atoms with Gasteiger partial charge in [0.25, 0.3) is 5.91 Å². The summed E-state index contributed by atoms with van der Waals surface area (Å²) in [6, 6.07) is 0. The molecule has 0 saturated carbocycles. The third-order valence-corrected chi connectivity index (χ3v) is 3.71. The topological polar surface area (TPSA) is 51.5 Å². The lowest BCUT2D eigenvalue weighted by Crippen LogP contribution is -2.53. The lowest BCUT2D eigenvalue weighted by molar-refractivity contribution is -0.0918. The van der Waals surface area contributed by atoms with Gasteiger partial charge in [0.1, 0.15) is 5.69 Å². The van der Waals surface area contributed by atoms with E-state index in [1.165, 1.54) is 0 Å². The quantitative estimate of drug-likeness (QED) is 0.678. The van der Waals surface area contributed by atoms with Crippen LogP contribution < -0.4 is 5.43 Å². The molecule has 1 aromatic rings. The van der Waals surface area contributed by atoms with Gasteiger partial charge in [-0.15, -0.1) is 0 Å². The number of ether oxygens (including phenoxy) is 1. The molecule has 5 heteroatoms. The van der Waals surface area contributed by atoms with Crippen LogP contribution >= 0.6 is 0 Å². The molecular formula is C13H16N2O3. The molecule has 1 fully saturated rings. The van der Waals surface area contributed by atoms with Gasteiger partial charge < -0.3 is 14.2 Å². The van der Waals surface area contributed by atoms with Crippen molar-refractivity contribution in [3.8, 4) is 0 Å². The number of aromatic nitrogens is 1. The Morgan fingerprint density at radius 3 is 2.89 bits per heavy atom. The number of carbonyl (C=O) groups excluding carboxylic acids is 1. The number of hydrogen-bond donors (Lipinski definition) is 0. The van der Waals surface area contributed by atoms with Crippen LogP contribution in [0.2, 0.25) is 0 Å². The molecule has 1 unspecified atom stereocenters. The molecular weight excluding hydrogens is 232 g/mol. The summed E-state index contributed by atoms with van der Waals surface area (Å²) in [4.78, 5) is 26.1. The summed E-state index contributed by atoms with van der Waals surface area (Å²) in [5.41, 5.74) is 1.70. The van der Waals surface area contributed by atoms with Crippen molar-refractivity contribution in [1.29, 1.82) is 0 Å². The number of carbonyl (C=O) groups is 1. The first-order valence-corrected chi connectivity index (χ1v) is 6.23. The van der Waals surface area contributed by atoms with E-state index in [1.54, 1.807) is 24.9 Å². The highest BCUT2D eigenvalue weighted by molar-refractivity contribution is 5.94. The minimum atomic E-state index is -0.181. The summed E-state index contributed by atoms with van der Waals surface area (Å²) < 4.78 is 7.49. The Labute approximate surface area is 105 Å². The minimum Gasteiger partial charge on any atom is -0.356 e. The van der Waals surface area contributed by atoms with Crippen LogP contribution in [-0.4, -0.2) is 34.8 Å². The van der Waals surface area contributed by atoms with Crippen molar-refractivity contribution in [2.75, 3.05) is 13.2 Å². The van der Waals surface area contributed by atoms with Crippen molar-refractivity contribution in [3.63, 3.8) is 0 Å². The zero-order valence-electron chi connectivity index (χ0n) is 10.6. The van der Waals surface area contributed by atoms with Crippen molar-refractivity contribution < 1.29 is 9.53 Å². The molecule has 0 N–H and O–H groups in total. The Morgan fingerprint density at radius 1 is 1.33 bits per heavy atom. The maximum absolute atomic E-state index is 12.4. The van der Waals surface area contributed by atoms with E-state index < -0.39 is 0 Å². The van der Waals surface area contributed by atoms with Crippen LogP contribution in [0.5, 0.6) is 0 Å². The molecule has 0 bridgehead atoms. The highest BCUT2D eigenvalue weighted by atomic mass is 16.5. The van der Waals surface area contributed by atoms with Gasteiger partial charge in [-0.1, -0.05) is 0 Å². The van der Waals surface area contributed by atoms with Gasteiger partial charge in [-0.05, 0) is 20.3 Å². The molecule has 5 nitrogen and oxygen atoms in total. The predicted octanol–water partition coefficient (Wildman–Crippen LogP) is 0.667. The molecule has 1 atom stereocenters. The Bertz CT molecular complexity index is 576. The second-order valence-electron chi connectivity index (χ2n) is 4.94. The molecule has 2 aliphatic rings. The Hall–Kier alpha value is -1.62. The van der Waals surface area contributed by atoms with Crippen LogP contribution in [0.1, 0.15) is 28.0 Å². The van der Waals surface area contributed by atoms with Crippen molar-refractivity contribution in [3.05, 3.63) is 33.2 Å². The van der Waals surface area contributed by atoms with Gasteiger partial charge in [0.2, 0.25) is 0 Å². The number of pyridine rings is 1. The molecule has 3 heterocycles. The Balaban J connectivity index is 2.16. The van der Waals surface area contributed by atoms with Crippen LogP contribution in [0, 0.1) is 13.8 Å². The van der Waals surface area contributed by atoms with E-state index in [9.17, 15) is 9.59 Å². The normalized spacial score (nSPS) is 22.7. The first-order valence-electron chi connectivity index (χ1n) is 6.23. The fourth-order valence-electron chi connectivity index (χ4n) is 2.78. The van der Waals surface area contributed by atoms with E-state index in [-0.39, 0.29) is 17.6 Å². The van der Waals surface area contributed by atoms with E-state index in [1.807, 2.05) is 4.57 Å². The lowest BCUT2D eigenvalue weighted by atomic mass is 10.1. The average Bonchev–Trinajstić information content (AvgIpc) is 2.36. The van der Waals surface area contributed by atoms with E-state index in [0.717, 1.165) is 6.42 Å². The molecule has 0 spiro atoms. The maximum atomic E-state index is 12.4. The molecule has 3 rings (SSSR count). The number of aryl methyl sites for hydroxylation is 1. The van der Waals surface area contributed by atoms with Crippen LogP contribution in [0.15, 0.2) is 11.0 Å². The highest BCUT2D eigenvalue weighted by Crippen LogP contribution is 2.23. The summed E-state index contributed by atoms with van der Waals surface area (Å²) in [6.45, 7) is 5.53. The molecule has 0 radical (unpaired) electrons. The van der Waals surface area contributed by atoms with Gasteiger partial charge in [0.05, 0.1) is 13.2 Å². The number of rotatable bonds is 0. The highest BCUT2D eigenvalue weighted by Gasteiger charge is 2.35. The molecule has 0 aromatic carbocycles. The third-order valence-electron chi connectivity index (χ3n) is 3.71. The zero-order chi connectivity index (χ0) is 12.9. The molecule has 1 saturated heterocycles. The smallest absolute Gasteiger partial charge is 0.272 e. The second kappa shape index (κ2) is 3.95. The van der Waals surface area contributed by atoms with Crippen molar-refractivity contribution in [2.24, 2.45) is 0 Å². The van der Waals surface area contributed by atoms with Gasteiger partial charge in [0.15, 0.2) is 11.7 Å². The fraction of sp³-hybridized carbons (Fsp3) is 0.538. The predicted molar refractivity (Wildman–Crippen MR) is 65.6 cm³/mol. The van der Waals surface area contributed by atoms with Crippen LogP contribution in [0.4, 0.5) is 0 Å². The maximum Gasteiger partial charge on any atom is 0.272 e. The lowest BCUT2D eigenvalue weighted by Gasteiger charge is -2.40. The molecule has 18 heavy (non-hydrogen) atoms. The molecule has 96 valence electrons. The number of hydrogen-bond acceptors (Lipinski definition) is 3. The van der Waals surface area contributed by atoms with E-state index in [2.05, 4.69) is 0 Å². The molecule has 2 aliphatic heterocycles. The van der Waals surface area contributed by atoms with Crippen molar-refractivity contribution >= 4 is 5.91 Å². The Morgan fingerprint density at radius 2 is 2.11 bits per heavy atom. The summed E-state index contributed by atoms with van der Waals surface area (Å²) >= 11 is 0. The summed E-state index contributed by atoms with van der Waals surface area (Å²) in [7, 11) is 0. The first-order chi connectivity index (χ1) is 8.59. The molecule has 1 aromatic heterocycles. The minimum absolute atomic E-state index is 0.0361. The fourth-order valence-corrected chi connectivity index (χ4v) is 2.78. The van der Waals surface area contributed by atoms with E-state index in [4.69, 9.17) is 4.74 Å². The van der Waals surface area contributed by atoms with E-state index in [0.29, 0.717) is 36.5 Å². The third kappa shape index (κ3) is 1.50. The summed E-state index contributed by atoms with van der Waals surface area (Å²) in [5, 5.41) is 0.